The largest absolute Gasteiger partial charge is 0.428 e. The molecule has 0 amide bonds. The summed E-state index contributed by atoms with van der Waals surface area (Å²) < 4.78 is 4.45. The minimum atomic E-state index is 0.517. The molecule has 0 fully saturated rings. The standard InChI is InChI=1S/C7H11NO.C2H6/c1-7(2)4-3-5-9-6-8;1-2/h1,3-5H2,2H3;1-2H3. The van der Waals surface area contributed by atoms with E-state index >= 15 is 0 Å². The molecular formula is C9H17NO. The number of hydrogen-bond acceptors (Lipinski definition) is 2. The molecule has 0 radical (unpaired) electrons. The first-order valence-corrected chi connectivity index (χ1v) is 3.92. The van der Waals surface area contributed by atoms with Gasteiger partial charge in [-0.25, -0.2) is 0 Å². The Morgan fingerprint density at radius 3 is 2.45 bits per heavy atom. The van der Waals surface area contributed by atoms with E-state index < -0.39 is 0 Å². The Balaban J connectivity index is 0. The lowest BCUT2D eigenvalue weighted by Gasteiger charge is -1.95. The summed E-state index contributed by atoms with van der Waals surface area (Å²) in [5, 5.41) is 7.94. The third-order valence-electron chi connectivity index (χ3n) is 0.915. The van der Waals surface area contributed by atoms with E-state index in [4.69, 9.17) is 5.26 Å². The van der Waals surface area contributed by atoms with Gasteiger partial charge in [-0.15, -0.1) is 6.58 Å². The molecule has 0 aliphatic carbocycles. The highest BCUT2D eigenvalue weighted by molar-refractivity contribution is 4.87. The Labute approximate surface area is 69.5 Å². The van der Waals surface area contributed by atoms with Crippen LogP contribution in [0.3, 0.4) is 0 Å². The summed E-state index contributed by atoms with van der Waals surface area (Å²) in [5.74, 6) is 0. The fraction of sp³-hybridized carbons (Fsp3) is 0.667. The van der Waals surface area contributed by atoms with E-state index in [1.54, 1.807) is 6.26 Å². The fourth-order valence-corrected chi connectivity index (χ4v) is 0.492. The lowest BCUT2D eigenvalue weighted by atomic mass is 10.2. The van der Waals surface area contributed by atoms with Crippen molar-refractivity contribution < 1.29 is 4.74 Å². The molecule has 0 rings (SSSR count). The molecule has 0 heterocycles. The van der Waals surface area contributed by atoms with Crippen molar-refractivity contribution in [2.24, 2.45) is 0 Å². The zero-order valence-electron chi connectivity index (χ0n) is 7.68. The normalized spacial score (nSPS) is 7.09. The van der Waals surface area contributed by atoms with Crippen molar-refractivity contribution in [2.45, 2.75) is 33.6 Å². The molecule has 0 aliphatic heterocycles. The van der Waals surface area contributed by atoms with Crippen LogP contribution in [0, 0.1) is 11.5 Å². The zero-order chi connectivity index (χ0) is 9.11. The van der Waals surface area contributed by atoms with E-state index in [0.29, 0.717) is 6.61 Å². The molecule has 0 aromatic heterocycles. The maximum absolute atomic E-state index is 7.94. The van der Waals surface area contributed by atoms with E-state index in [1.165, 1.54) is 0 Å². The van der Waals surface area contributed by atoms with Crippen molar-refractivity contribution in [1.82, 2.24) is 0 Å². The van der Waals surface area contributed by atoms with Gasteiger partial charge in [0.05, 0.1) is 0 Å². The first-order chi connectivity index (χ1) is 5.27. The SMILES string of the molecule is C=C(C)CCCOC#N.CC. The van der Waals surface area contributed by atoms with E-state index in [9.17, 15) is 0 Å². The van der Waals surface area contributed by atoms with E-state index in [0.717, 1.165) is 18.4 Å². The van der Waals surface area contributed by atoms with Crippen LogP contribution in [0.25, 0.3) is 0 Å². The van der Waals surface area contributed by atoms with Gasteiger partial charge in [0.15, 0.2) is 0 Å². The quantitative estimate of drug-likeness (QED) is 0.355. The van der Waals surface area contributed by atoms with Crippen LogP contribution in [0.1, 0.15) is 33.6 Å². The Morgan fingerprint density at radius 1 is 1.55 bits per heavy atom. The number of rotatable bonds is 4. The highest BCUT2D eigenvalue weighted by atomic mass is 16.5. The first-order valence-electron chi connectivity index (χ1n) is 3.92. The molecule has 0 spiro atoms. The van der Waals surface area contributed by atoms with Crippen LogP contribution in [0.15, 0.2) is 12.2 Å². The molecule has 2 heteroatoms. The number of hydrogen-bond donors (Lipinski definition) is 0. The van der Waals surface area contributed by atoms with Gasteiger partial charge in [0.25, 0.3) is 6.26 Å². The lowest BCUT2D eigenvalue weighted by Crippen LogP contribution is -1.87. The third kappa shape index (κ3) is 17.6. The summed E-state index contributed by atoms with van der Waals surface area (Å²) in [4.78, 5) is 0. The third-order valence-corrected chi connectivity index (χ3v) is 0.915. The molecule has 0 atom stereocenters. The molecule has 0 N–H and O–H groups in total. The lowest BCUT2D eigenvalue weighted by molar-refractivity contribution is 0.265. The summed E-state index contributed by atoms with van der Waals surface area (Å²) in [7, 11) is 0. The predicted octanol–water partition coefficient (Wildman–Crippen LogP) is 2.87. The van der Waals surface area contributed by atoms with Gasteiger partial charge in [0.1, 0.15) is 6.61 Å². The minimum absolute atomic E-state index is 0.517. The van der Waals surface area contributed by atoms with Crippen molar-refractivity contribution in [3.05, 3.63) is 12.2 Å². The minimum Gasteiger partial charge on any atom is -0.428 e. The monoisotopic (exact) mass is 155 g/mol. The van der Waals surface area contributed by atoms with Gasteiger partial charge in [0.2, 0.25) is 0 Å². The second-order valence-corrected chi connectivity index (χ2v) is 2.00. The molecule has 11 heavy (non-hydrogen) atoms. The van der Waals surface area contributed by atoms with Crippen LogP contribution in [-0.4, -0.2) is 6.61 Å². The van der Waals surface area contributed by atoms with E-state index in [-0.39, 0.29) is 0 Å². The summed E-state index contributed by atoms with van der Waals surface area (Å²) in [6.07, 6.45) is 3.45. The van der Waals surface area contributed by atoms with Gasteiger partial charge in [-0.1, -0.05) is 19.4 Å². The average Bonchev–Trinajstić information content (AvgIpc) is 2.02. The molecule has 64 valence electrons. The summed E-state index contributed by atoms with van der Waals surface area (Å²) in [6, 6.07) is 0. The van der Waals surface area contributed by atoms with Crippen molar-refractivity contribution in [2.75, 3.05) is 6.61 Å². The Hall–Kier alpha value is -0.970. The molecular weight excluding hydrogens is 138 g/mol. The van der Waals surface area contributed by atoms with Crippen LogP contribution in [-0.2, 0) is 4.74 Å². The van der Waals surface area contributed by atoms with Gasteiger partial charge in [-0.3, -0.25) is 0 Å². The second-order valence-electron chi connectivity index (χ2n) is 2.00. The molecule has 0 saturated carbocycles. The molecule has 0 aliphatic rings. The van der Waals surface area contributed by atoms with Crippen LogP contribution < -0.4 is 0 Å². The van der Waals surface area contributed by atoms with Crippen LogP contribution >= 0.6 is 0 Å². The molecule has 0 aromatic rings. The molecule has 0 saturated heterocycles. The smallest absolute Gasteiger partial charge is 0.286 e. The van der Waals surface area contributed by atoms with Gasteiger partial charge >= 0.3 is 0 Å². The average molecular weight is 155 g/mol. The Kier molecular flexibility index (Phi) is 13.6. The van der Waals surface area contributed by atoms with Crippen LogP contribution in [0.2, 0.25) is 0 Å². The fourth-order valence-electron chi connectivity index (χ4n) is 0.492. The van der Waals surface area contributed by atoms with E-state index in [2.05, 4.69) is 11.3 Å². The highest BCUT2D eigenvalue weighted by Gasteiger charge is 1.86. The summed E-state index contributed by atoms with van der Waals surface area (Å²) >= 11 is 0. The maximum atomic E-state index is 7.94. The summed E-state index contributed by atoms with van der Waals surface area (Å²) in [6.45, 7) is 10.2. The van der Waals surface area contributed by atoms with Gasteiger partial charge < -0.3 is 4.74 Å². The van der Waals surface area contributed by atoms with E-state index in [1.807, 2.05) is 20.8 Å². The number of ether oxygens (including phenoxy) is 1. The summed E-state index contributed by atoms with van der Waals surface area (Å²) in [5.41, 5.74) is 1.14. The Bertz CT molecular complexity index is 124. The highest BCUT2D eigenvalue weighted by Crippen LogP contribution is 1.99. The van der Waals surface area contributed by atoms with Gasteiger partial charge in [0, 0.05) is 0 Å². The molecule has 0 unspecified atom stereocenters. The van der Waals surface area contributed by atoms with Crippen molar-refractivity contribution in [1.29, 1.82) is 5.26 Å². The van der Waals surface area contributed by atoms with Gasteiger partial charge in [-0.2, -0.15) is 5.26 Å². The number of allylic oxidation sites excluding steroid dienone is 1. The van der Waals surface area contributed by atoms with Gasteiger partial charge in [-0.05, 0) is 19.8 Å². The van der Waals surface area contributed by atoms with Crippen molar-refractivity contribution in [3.8, 4) is 6.26 Å². The zero-order valence-corrected chi connectivity index (χ0v) is 7.68. The predicted molar refractivity (Wildman–Crippen MR) is 47.0 cm³/mol. The van der Waals surface area contributed by atoms with Crippen molar-refractivity contribution >= 4 is 0 Å². The van der Waals surface area contributed by atoms with Crippen LogP contribution in [0.4, 0.5) is 0 Å². The number of nitrogens with zero attached hydrogens (tertiary/aromatic N) is 1. The van der Waals surface area contributed by atoms with Crippen molar-refractivity contribution in [3.63, 3.8) is 0 Å². The van der Waals surface area contributed by atoms with Crippen LogP contribution in [0.5, 0.6) is 0 Å². The molecule has 0 aromatic carbocycles. The Morgan fingerprint density at radius 2 is 2.09 bits per heavy atom. The topological polar surface area (TPSA) is 33.0 Å². The first kappa shape index (κ1) is 12.7. The molecule has 2 nitrogen and oxygen atoms in total. The second kappa shape index (κ2) is 11.8. The maximum Gasteiger partial charge on any atom is 0.286 e. The molecule has 0 bridgehead atoms. The number of nitriles is 1.